The number of primary amides is 1. The first-order chi connectivity index (χ1) is 13.5. The van der Waals surface area contributed by atoms with E-state index in [1.54, 1.807) is 31.5 Å². The first-order valence-corrected chi connectivity index (χ1v) is 9.23. The summed E-state index contributed by atoms with van der Waals surface area (Å²) in [5.41, 5.74) is 5.73. The number of methoxy groups -OCH3 is 2. The summed E-state index contributed by atoms with van der Waals surface area (Å²) in [5, 5.41) is 4.56. The summed E-state index contributed by atoms with van der Waals surface area (Å²) in [4.78, 5) is 27.9. The molecule has 4 rings (SSSR count). The molecule has 1 aromatic carbocycles. The van der Waals surface area contributed by atoms with Gasteiger partial charge in [0.25, 0.3) is 5.91 Å². The van der Waals surface area contributed by atoms with Gasteiger partial charge in [-0.05, 0) is 35.4 Å². The normalized spacial score (nSPS) is 25.3. The van der Waals surface area contributed by atoms with Gasteiger partial charge in [0.1, 0.15) is 5.75 Å². The third-order valence-electron chi connectivity index (χ3n) is 5.66. The van der Waals surface area contributed by atoms with Crippen LogP contribution in [-0.2, 0) is 9.53 Å². The molecule has 8 nitrogen and oxygen atoms in total. The van der Waals surface area contributed by atoms with Gasteiger partial charge in [0.05, 0.1) is 25.9 Å². The standard InChI is InChI=1S/C20H23N3O5/c1-26-9-13-16-14(23-19(25)17(13)16)4-6-28-20-11-8-15(27-2)12(18(21)24)7-10(11)3-5-22-20/h3,5,7-8,13-14,16-17H,4,6,9H2,1-2H3,(H2,21,24)(H,23,25). The molecule has 2 amide bonds. The minimum atomic E-state index is -0.556. The van der Waals surface area contributed by atoms with Crippen LogP contribution in [0.1, 0.15) is 16.8 Å². The molecule has 2 fully saturated rings. The van der Waals surface area contributed by atoms with E-state index in [0.29, 0.717) is 48.7 Å². The van der Waals surface area contributed by atoms with E-state index in [4.69, 9.17) is 19.9 Å². The van der Waals surface area contributed by atoms with Crippen LogP contribution in [0.4, 0.5) is 0 Å². The number of benzene rings is 1. The van der Waals surface area contributed by atoms with Crippen molar-refractivity contribution in [3.05, 3.63) is 30.0 Å². The van der Waals surface area contributed by atoms with E-state index < -0.39 is 5.91 Å². The highest BCUT2D eigenvalue weighted by Crippen LogP contribution is 2.53. The molecule has 4 atom stereocenters. The topological polar surface area (TPSA) is 113 Å². The number of hydrogen-bond acceptors (Lipinski definition) is 6. The Labute approximate surface area is 162 Å². The lowest BCUT2D eigenvalue weighted by Crippen LogP contribution is -2.34. The van der Waals surface area contributed by atoms with Crippen LogP contribution >= 0.6 is 0 Å². The minimum Gasteiger partial charge on any atom is -0.496 e. The summed E-state index contributed by atoms with van der Waals surface area (Å²) >= 11 is 0. The minimum absolute atomic E-state index is 0.0807. The summed E-state index contributed by atoms with van der Waals surface area (Å²) in [5.74, 6) is 1.12. The van der Waals surface area contributed by atoms with Crippen molar-refractivity contribution in [2.24, 2.45) is 23.5 Å². The molecule has 3 N–H and O–H groups in total. The quantitative estimate of drug-likeness (QED) is 0.704. The van der Waals surface area contributed by atoms with Crippen LogP contribution in [0.5, 0.6) is 11.6 Å². The lowest BCUT2D eigenvalue weighted by atomic mass is 10.1. The molecule has 1 aliphatic heterocycles. The van der Waals surface area contributed by atoms with E-state index in [1.165, 1.54) is 7.11 Å². The number of ether oxygens (including phenoxy) is 3. The molecule has 1 saturated carbocycles. The van der Waals surface area contributed by atoms with Crippen molar-refractivity contribution in [1.82, 2.24) is 10.3 Å². The smallest absolute Gasteiger partial charge is 0.252 e. The van der Waals surface area contributed by atoms with Crippen LogP contribution in [0.2, 0.25) is 0 Å². The SMILES string of the molecule is COCC1C2C(=O)NC(CCOc3nccc4cc(C(N)=O)c(OC)cc34)C12. The zero-order valence-corrected chi connectivity index (χ0v) is 15.8. The molecule has 1 aliphatic carbocycles. The van der Waals surface area contributed by atoms with E-state index in [2.05, 4.69) is 10.3 Å². The van der Waals surface area contributed by atoms with Crippen molar-refractivity contribution in [3.8, 4) is 11.6 Å². The number of nitrogens with zero attached hydrogens (tertiary/aromatic N) is 1. The van der Waals surface area contributed by atoms with E-state index in [9.17, 15) is 9.59 Å². The molecule has 0 radical (unpaired) electrons. The largest absolute Gasteiger partial charge is 0.496 e. The Morgan fingerprint density at radius 2 is 2.14 bits per heavy atom. The second kappa shape index (κ2) is 7.27. The van der Waals surface area contributed by atoms with E-state index in [0.717, 1.165) is 10.8 Å². The van der Waals surface area contributed by atoms with Crippen molar-refractivity contribution in [2.75, 3.05) is 27.4 Å². The molecule has 1 aromatic heterocycles. The number of amides is 2. The molecular formula is C20H23N3O5. The van der Waals surface area contributed by atoms with Gasteiger partial charge in [0, 0.05) is 37.1 Å². The summed E-state index contributed by atoms with van der Waals surface area (Å²) in [7, 11) is 3.14. The second-order valence-corrected chi connectivity index (χ2v) is 7.23. The number of piperidine rings is 1. The molecule has 0 spiro atoms. The first kappa shape index (κ1) is 18.5. The predicted molar refractivity (Wildman–Crippen MR) is 101 cm³/mol. The third-order valence-corrected chi connectivity index (χ3v) is 5.66. The van der Waals surface area contributed by atoms with E-state index in [1.807, 2.05) is 0 Å². The zero-order valence-electron chi connectivity index (χ0n) is 15.8. The Morgan fingerprint density at radius 1 is 1.32 bits per heavy atom. The van der Waals surface area contributed by atoms with Gasteiger partial charge in [-0.1, -0.05) is 0 Å². The molecule has 0 bridgehead atoms. The fourth-order valence-electron chi connectivity index (χ4n) is 4.30. The Bertz CT molecular complexity index is 931. The summed E-state index contributed by atoms with van der Waals surface area (Å²) in [6.07, 6.45) is 2.32. The highest BCUT2D eigenvalue weighted by Gasteiger charge is 2.62. The van der Waals surface area contributed by atoms with Crippen molar-refractivity contribution in [2.45, 2.75) is 12.5 Å². The summed E-state index contributed by atoms with van der Waals surface area (Å²) in [6, 6.07) is 5.27. The lowest BCUT2D eigenvalue weighted by molar-refractivity contribution is -0.122. The Balaban J connectivity index is 1.47. The van der Waals surface area contributed by atoms with Gasteiger partial charge >= 0.3 is 0 Å². The number of hydrogen-bond donors (Lipinski definition) is 2. The van der Waals surface area contributed by atoms with Gasteiger partial charge in [0.2, 0.25) is 11.8 Å². The second-order valence-electron chi connectivity index (χ2n) is 7.23. The van der Waals surface area contributed by atoms with E-state index >= 15 is 0 Å². The molecular weight excluding hydrogens is 362 g/mol. The van der Waals surface area contributed by atoms with Crippen molar-refractivity contribution < 1.29 is 23.8 Å². The maximum Gasteiger partial charge on any atom is 0.252 e. The molecule has 148 valence electrons. The van der Waals surface area contributed by atoms with Crippen LogP contribution in [0.25, 0.3) is 10.8 Å². The average molecular weight is 385 g/mol. The van der Waals surface area contributed by atoms with E-state index in [-0.39, 0.29) is 17.9 Å². The number of nitrogens with two attached hydrogens (primary N) is 1. The average Bonchev–Trinajstić information content (AvgIpc) is 3.30. The van der Waals surface area contributed by atoms with Gasteiger partial charge < -0.3 is 25.3 Å². The maximum atomic E-state index is 12.0. The highest BCUT2D eigenvalue weighted by atomic mass is 16.5. The van der Waals surface area contributed by atoms with Crippen molar-refractivity contribution in [1.29, 1.82) is 0 Å². The molecule has 2 aromatic rings. The monoisotopic (exact) mass is 385 g/mol. The molecule has 1 saturated heterocycles. The van der Waals surface area contributed by atoms with Gasteiger partial charge in [-0.2, -0.15) is 0 Å². The molecule has 28 heavy (non-hydrogen) atoms. The predicted octanol–water partition coefficient (Wildman–Crippen LogP) is 1.12. The summed E-state index contributed by atoms with van der Waals surface area (Å²) in [6.45, 7) is 1.03. The van der Waals surface area contributed by atoms with Crippen LogP contribution < -0.4 is 20.5 Å². The fourth-order valence-corrected chi connectivity index (χ4v) is 4.30. The van der Waals surface area contributed by atoms with Gasteiger partial charge in [0.15, 0.2) is 0 Å². The number of fused-ring (bicyclic) bond motifs is 2. The number of rotatable bonds is 8. The van der Waals surface area contributed by atoms with Crippen LogP contribution in [0.15, 0.2) is 24.4 Å². The number of nitrogens with one attached hydrogen (secondary N) is 1. The zero-order chi connectivity index (χ0) is 19.8. The molecule has 8 heteroatoms. The van der Waals surface area contributed by atoms with Gasteiger partial charge in [-0.15, -0.1) is 0 Å². The number of carbonyl (C=O) groups excluding carboxylic acids is 2. The molecule has 4 unspecified atom stereocenters. The molecule has 2 heterocycles. The number of aromatic nitrogens is 1. The van der Waals surface area contributed by atoms with Crippen LogP contribution in [0.3, 0.4) is 0 Å². The maximum absolute atomic E-state index is 12.0. The van der Waals surface area contributed by atoms with Gasteiger partial charge in [-0.25, -0.2) is 4.98 Å². The first-order valence-electron chi connectivity index (χ1n) is 9.23. The number of carbonyl (C=O) groups is 2. The Hall–Kier alpha value is -2.87. The third kappa shape index (κ3) is 3.13. The summed E-state index contributed by atoms with van der Waals surface area (Å²) < 4.78 is 16.4. The molecule has 2 aliphatic rings. The van der Waals surface area contributed by atoms with Crippen molar-refractivity contribution >= 4 is 22.6 Å². The Kier molecular flexibility index (Phi) is 4.80. The van der Waals surface area contributed by atoms with Crippen molar-refractivity contribution in [3.63, 3.8) is 0 Å². The van der Waals surface area contributed by atoms with Gasteiger partial charge in [-0.3, -0.25) is 9.59 Å². The number of pyridine rings is 1. The van der Waals surface area contributed by atoms with Crippen LogP contribution in [-0.4, -0.2) is 50.3 Å². The fraction of sp³-hybridized carbons (Fsp3) is 0.450. The lowest BCUT2D eigenvalue weighted by Gasteiger charge is -2.16. The Morgan fingerprint density at radius 3 is 2.86 bits per heavy atom. The highest BCUT2D eigenvalue weighted by molar-refractivity contribution is 6.01. The van der Waals surface area contributed by atoms with Crippen LogP contribution in [0, 0.1) is 17.8 Å².